The van der Waals surface area contributed by atoms with E-state index in [2.05, 4.69) is 0 Å². The van der Waals surface area contributed by atoms with Crippen molar-refractivity contribution in [1.82, 2.24) is 9.80 Å². The van der Waals surface area contributed by atoms with Crippen molar-refractivity contribution >= 4 is 0 Å². The molecule has 8 nitrogen and oxygen atoms in total. The lowest BCUT2D eigenvalue weighted by atomic mass is 10.3. The first kappa shape index (κ1) is 17.9. The van der Waals surface area contributed by atoms with E-state index in [-0.39, 0.29) is 0 Å². The van der Waals surface area contributed by atoms with E-state index in [9.17, 15) is 20.2 Å². The molecule has 0 aliphatic heterocycles. The third-order valence-electron chi connectivity index (χ3n) is 2.89. The summed E-state index contributed by atoms with van der Waals surface area (Å²) in [6.45, 7) is 9.51. The molecule has 0 atom stereocenters. The molecular weight excluding hydrogens is 264 g/mol. The number of nitrogens with zero attached hydrogens (tertiary/aromatic N) is 4. The average molecular weight is 286 g/mol. The minimum atomic E-state index is -0.712. The van der Waals surface area contributed by atoms with Crippen molar-refractivity contribution in [3.8, 4) is 0 Å². The van der Waals surface area contributed by atoms with E-state index >= 15 is 0 Å². The van der Waals surface area contributed by atoms with Gasteiger partial charge in [-0.25, -0.2) is 0 Å². The summed E-state index contributed by atoms with van der Waals surface area (Å²) < 4.78 is 0. The Labute approximate surface area is 118 Å². The Morgan fingerprint density at radius 2 is 1.05 bits per heavy atom. The van der Waals surface area contributed by atoms with Gasteiger partial charge in [-0.05, 0) is 27.7 Å². The molecule has 114 valence electrons. The molecule has 0 saturated carbocycles. The highest BCUT2D eigenvalue weighted by Crippen LogP contribution is 2.14. The molecule has 0 aliphatic carbocycles. The molecule has 0 N–H and O–H groups in total. The van der Waals surface area contributed by atoms with Crippen LogP contribution in [0, 0.1) is 20.2 Å². The lowest BCUT2D eigenvalue weighted by Crippen LogP contribution is -2.23. The van der Waals surface area contributed by atoms with E-state index in [1.54, 1.807) is 9.80 Å². The van der Waals surface area contributed by atoms with Crippen LogP contribution in [-0.4, -0.2) is 45.8 Å². The highest BCUT2D eigenvalue weighted by Gasteiger charge is 2.30. The monoisotopic (exact) mass is 286 g/mol. The summed E-state index contributed by atoms with van der Waals surface area (Å²) in [6.07, 6.45) is 2.47. The van der Waals surface area contributed by atoms with Crippen molar-refractivity contribution in [2.24, 2.45) is 0 Å². The van der Waals surface area contributed by atoms with Crippen molar-refractivity contribution < 1.29 is 9.85 Å². The fraction of sp³-hybridized carbons (Fsp3) is 0.667. The SMILES string of the molecule is CCN(/C=C(\C(=C/N(CC)CC)[N+](=O)[O-])[N+](=O)[O-])CC. The molecule has 0 amide bonds. The van der Waals surface area contributed by atoms with Gasteiger partial charge in [-0.3, -0.25) is 20.2 Å². The Bertz CT molecular complexity index is 360. The third kappa shape index (κ3) is 5.25. The highest BCUT2D eigenvalue weighted by molar-refractivity contribution is 5.17. The molecule has 0 spiro atoms. The average Bonchev–Trinajstić information content (AvgIpc) is 2.42. The van der Waals surface area contributed by atoms with Gasteiger partial charge >= 0.3 is 11.4 Å². The zero-order valence-corrected chi connectivity index (χ0v) is 12.4. The lowest BCUT2D eigenvalue weighted by molar-refractivity contribution is -0.480. The Morgan fingerprint density at radius 1 is 0.800 bits per heavy atom. The molecule has 0 unspecified atom stereocenters. The quantitative estimate of drug-likeness (QED) is 0.365. The van der Waals surface area contributed by atoms with Gasteiger partial charge in [-0.2, -0.15) is 0 Å². The minimum absolute atomic E-state index is 0.495. The van der Waals surface area contributed by atoms with E-state index < -0.39 is 21.2 Å². The molecule has 0 radical (unpaired) electrons. The van der Waals surface area contributed by atoms with Crippen molar-refractivity contribution in [3.63, 3.8) is 0 Å². The van der Waals surface area contributed by atoms with E-state index in [1.807, 2.05) is 27.7 Å². The molecule has 0 aliphatic rings. The van der Waals surface area contributed by atoms with Gasteiger partial charge in [-0.15, -0.1) is 0 Å². The van der Waals surface area contributed by atoms with Crippen LogP contribution in [0.25, 0.3) is 0 Å². The first-order valence-electron chi connectivity index (χ1n) is 6.61. The van der Waals surface area contributed by atoms with Crippen molar-refractivity contribution in [1.29, 1.82) is 0 Å². The van der Waals surface area contributed by atoms with Crippen LogP contribution in [-0.2, 0) is 0 Å². The maximum absolute atomic E-state index is 11.1. The van der Waals surface area contributed by atoms with Crippen LogP contribution in [0.4, 0.5) is 0 Å². The summed E-state index contributed by atoms with van der Waals surface area (Å²) in [5, 5.41) is 22.2. The lowest BCUT2D eigenvalue weighted by Gasteiger charge is -2.16. The Kier molecular flexibility index (Phi) is 7.95. The summed E-state index contributed by atoms with van der Waals surface area (Å²) in [5.74, 6) is 0. The fourth-order valence-corrected chi connectivity index (χ4v) is 1.57. The van der Waals surface area contributed by atoms with Gasteiger partial charge in [-0.1, -0.05) is 0 Å². The first-order chi connectivity index (χ1) is 9.40. The van der Waals surface area contributed by atoms with Gasteiger partial charge in [0.15, 0.2) is 0 Å². The van der Waals surface area contributed by atoms with Gasteiger partial charge < -0.3 is 9.80 Å². The molecule has 0 bridgehead atoms. The Hall–Kier alpha value is -2.12. The molecular formula is C12H22N4O4. The molecule has 0 heterocycles. The van der Waals surface area contributed by atoms with Crippen molar-refractivity contribution in [3.05, 3.63) is 44.0 Å². The molecule has 0 aromatic carbocycles. The van der Waals surface area contributed by atoms with Gasteiger partial charge in [0.2, 0.25) is 0 Å². The smallest absolute Gasteiger partial charge is 0.363 e. The van der Waals surface area contributed by atoms with Gasteiger partial charge in [0.25, 0.3) is 0 Å². The number of hydrogen-bond acceptors (Lipinski definition) is 6. The van der Waals surface area contributed by atoms with Crippen molar-refractivity contribution in [2.45, 2.75) is 27.7 Å². The van der Waals surface area contributed by atoms with Crippen LogP contribution < -0.4 is 0 Å². The van der Waals surface area contributed by atoms with Crippen LogP contribution in [0.15, 0.2) is 23.8 Å². The third-order valence-corrected chi connectivity index (χ3v) is 2.89. The summed E-state index contributed by atoms with van der Waals surface area (Å²) >= 11 is 0. The topological polar surface area (TPSA) is 92.8 Å². The standard InChI is InChI=1S/C12H22N4O4/c1-5-13(6-2)9-11(15(17)18)12(16(19)20)10-14(7-3)8-4/h9-10H,5-8H2,1-4H3/b11-9+,12-10+. The largest absolute Gasteiger partial charge is 0.372 e. The molecule has 8 heteroatoms. The van der Waals surface area contributed by atoms with Crippen LogP contribution in [0.3, 0.4) is 0 Å². The zero-order valence-electron chi connectivity index (χ0n) is 12.4. The van der Waals surface area contributed by atoms with Crippen LogP contribution in [0.2, 0.25) is 0 Å². The molecule has 20 heavy (non-hydrogen) atoms. The highest BCUT2D eigenvalue weighted by atomic mass is 16.6. The Morgan fingerprint density at radius 3 is 1.20 bits per heavy atom. The van der Waals surface area contributed by atoms with E-state index in [0.29, 0.717) is 26.2 Å². The second-order valence-electron chi connectivity index (χ2n) is 3.99. The maximum atomic E-state index is 11.1. The van der Waals surface area contributed by atoms with Crippen LogP contribution in [0.5, 0.6) is 0 Å². The summed E-state index contributed by atoms with van der Waals surface area (Å²) in [7, 11) is 0. The maximum Gasteiger partial charge on any atom is 0.363 e. The van der Waals surface area contributed by atoms with Gasteiger partial charge in [0.1, 0.15) is 0 Å². The molecule has 0 aromatic rings. The molecule has 0 rings (SSSR count). The normalized spacial score (nSPS) is 12.2. The van der Waals surface area contributed by atoms with E-state index in [0.717, 1.165) is 0 Å². The number of rotatable bonds is 9. The van der Waals surface area contributed by atoms with E-state index in [1.165, 1.54) is 12.4 Å². The number of hydrogen-bond donors (Lipinski definition) is 0. The second-order valence-corrected chi connectivity index (χ2v) is 3.99. The van der Waals surface area contributed by atoms with Crippen molar-refractivity contribution in [2.75, 3.05) is 26.2 Å². The Balaban J connectivity index is 5.70. The zero-order chi connectivity index (χ0) is 15.7. The fourth-order valence-electron chi connectivity index (χ4n) is 1.57. The van der Waals surface area contributed by atoms with E-state index in [4.69, 9.17) is 0 Å². The van der Waals surface area contributed by atoms with Gasteiger partial charge in [0.05, 0.1) is 22.2 Å². The summed E-state index contributed by atoms with van der Waals surface area (Å²) in [4.78, 5) is 24.1. The van der Waals surface area contributed by atoms with Crippen LogP contribution >= 0.6 is 0 Å². The number of nitro groups is 2. The first-order valence-corrected chi connectivity index (χ1v) is 6.61. The van der Waals surface area contributed by atoms with Gasteiger partial charge in [0, 0.05) is 26.2 Å². The predicted octanol–water partition coefficient (Wildman–Crippen LogP) is 1.91. The molecule has 0 saturated heterocycles. The molecule has 0 aromatic heterocycles. The second kappa shape index (κ2) is 8.89. The minimum Gasteiger partial charge on any atom is -0.372 e. The molecule has 0 fully saturated rings. The summed E-state index contributed by atoms with van der Waals surface area (Å²) in [6, 6.07) is 0. The predicted molar refractivity (Wildman–Crippen MR) is 76.0 cm³/mol. The summed E-state index contributed by atoms with van der Waals surface area (Å²) in [5.41, 5.74) is -0.990. The van der Waals surface area contributed by atoms with Crippen LogP contribution in [0.1, 0.15) is 27.7 Å².